The van der Waals surface area contributed by atoms with Crippen LogP contribution in [-0.2, 0) is 33.3 Å². The van der Waals surface area contributed by atoms with Crippen LogP contribution in [0.15, 0.2) is 72.9 Å². The molecule has 0 aliphatic carbocycles. The Morgan fingerprint density at radius 2 is 0.570 bits per heavy atom. The van der Waals surface area contributed by atoms with E-state index in [1.165, 1.54) is 327 Å². The highest BCUT2D eigenvalue weighted by molar-refractivity contribution is 5.71. The molecule has 1 N–H and O–H groups in total. The van der Waals surface area contributed by atoms with Crippen LogP contribution < -0.4 is 0 Å². The van der Waals surface area contributed by atoms with E-state index in [1.54, 1.807) is 0 Å². The molecule has 0 aromatic carbocycles. The van der Waals surface area contributed by atoms with Gasteiger partial charge in [0.05, 0.1) is 34.4 Å². The zero-order chi connectivity index (χ0) is 72.5. The van der Waals surface area contributed by atoms with Gasteiger partial charge in [0.15, 0.2) is 6.10 Å². The van der Waals surface area contributed by atoms with Crippen LogP contribution in [0.25, 0.3) is 0 Å². The molecule has 2 atom stereocenters. The third-order valence-electron chi connectivity index (χ3n) is 19.7. The fourth-order valence-corrected chi connectivity index (χ4v) is 13.1. The summed E-state index contributed by atoms with van der Waals surface area (Å²) in [5.41, 5.74) is 0. The molecule has 0 rings (SSSR count). The number of carbonyl (C=O) groups excluding carboxylic acids is 2. The number of likely N-dealkylation sites (N-methyl/N-ethyl adjacent to an activating group) is 1. The Balaban J connectivity index is 3.93. The molecule has 0 aliphatic heterocycles. The quantitative estimate of drug-likeness (QED) is 0.0211. The van der Waals surface area contributed by atoms with Crippen molar-refractivity contribution in [1.82, 2.24) is 0 Å². The van der Waals surface area contributed by atoms with Crippen LogP contribution in [0.3, 0.4) is 0 Å². The molecular weight excluding hydrogens is 1230 g/mol. The zero-order valence-corrected chi connectivity index (χ0v) is 67.1. The van der Waals surface area contributed by atoms with Crippen molar-refractivity contribution in [3.63, 3.8) is 0 Å². The van der Waals surface area contributed by atoms with Crippen LogP contribution in [-0.4, -0.2) is 87.4 Å². The maximum atomic E-state index is 13.0. The minimum atomic E-state index is -1.51. The van der Waals surface area contributed by atoms with Crippen molar-refractivity contribution in [2.24, 2.45) is 0 Å². The van der Waals surface area contributed by atoms with E-state index >= 15 is 0 Å². The lowest BCUT2D eigenvalue weighted by Gasteiger charge is -2.25. The second-order valence-electron chi connectivity index (χ2n) is 30.8. The van der Waals surface area contributed by atoms with E-state index in [0.29, 0.717) is 17.4 Å². The van der Waals surface area contributed by atoms with Gasteiger partial charge in [0.2, 0.25) is 0 Å². The van der Waals surface area contributed by atoms with Crippen molar-refractivity contribution < 1.29 is 42.9 Å². The molecule has 0 bridgehead atoms. The number of rotatable bonds is 82. The average Bonchev–Trinajstić information content (AvgIpc) is 1.14. The lowest BCUT2D eigenvalue weighted by atomic mass is 10.0. The third kappa shape index (κ3) is 82.0. The van der Waals surface area contributed by atoms with Crippen molar-refractivity contribution in [2.45, 2.75) is 444 Å². The Morgan fingerprint density at radius 3 is 0.850 bits per heavy atom. The lowest BCUT2D eigenvalue weighted by molar-refractivity contribution is -0.870. The van der Waals surface area contributed by atoms with Crippen LogP contribution in [0, 0.1) is 0 Å². The number of allylic oxidation sites excluding steroid dienone is 12. The second-order valence-corrected chi connectivity index (χ2v) is 30.8. The molecule has 0 heterocycles. The maximum absolute atomic E-state index is 13.0. The number of ether oxygens (including phenoxy) is 4. The molecule has 2 unspecified atom stereocenters. The lowest BCUT2D eigenvalue weighted by Crippen LogP contribution is -2.40. The minimum Gasteiger partial charge on any atom is -0.477 e. The summed E-state index contributed by atoms with van der Waals surface area (Å²) in [7, 11) is 6.00. The Bertz CT molecular complexity index is 1880. The molecule has 0 aromatic heterocycles. The highest BCUT2D eigenvalue weighted by Gasteiger charge is 2.25. The summed E-state index contributed by atoms with van der Waals surface area (Å²) in [6, 6.07) is 0. The van der Waals surface area contributed by atoms with E-state index in [2.05, 4.69) is 86.8 Å². The van der Waals surface area contributed by atoms with Crippen LogP contribution in [0.5, 0.6) is 0 Å². The first kappa shape index (κ1) is 96.7. The summed E-state index contributed by atoms with van der Waals surface area (Å²) < 4.78 is 23.1. The number of carbonyl (C=O) groups is 3. The van der Waals surface area contributed by atoms with Crippen molar-refractivity contribution in [3.05, 3.63) is 72.9 Å². The number of carboxylic acids is 1. The van der Waals surface area contributed by atoms with Gasteiger partial charge in [-0.2, -0.15) is 0 Å². The Morgan fingerprint density at radius 1 is 0.310 bits per heavy atom. The van der Waals surface area contributed by atoms with Gasteiger partial charge in [0.25, 0.3) is 6.29 Å². The van der Waals surface area contributed by atoms with Crippen LogP contribution in [0.4, 0.5) is 0 Å². The van der Waals surface area contributed by atoms with Gasteiger partial charge in [-0.15, -0.1) is 0 Å². The molecule has 0 saturated carbocycles. The first-order valence-electron chi connectivity index (χ1n) is 43.6. The molecule has 0 amide bonds. The summed E-state index contributed by atoms with van der Waals surface area (Å²) >= 11 is 0. The Labute approximate surface area is 621 Å². The molecule has 100 heavy (non-hydrogen) atoms. The van der Waals surface area contributed by atoms with Crippen molar-refractivity contribution in [2.75, 3.05) is 47.5 Å². The number of quaternary nitrogens is 1. The first-order valence-corrected chi connectivity index (χ1v) is 43.6. The van der Waals surface area contributed by atoms with Gasteiger partial charge in [-0.1, -0.05) is 427 Å². The molecule has 0 spiro atoms. The standard InChI is InChI=1S/C91H167NO8/c1-6-8-10-12-14-16-18-20-22-24-26-28-30-32-34-36-38-40-42-44-46-47-49-51-53-55-57-59-61-63-65-67-69-71-73-75-77-79-81-88(93)98-85-87(86-99-91(90(95)96)97-84-83-92(3,4)5)100-89(94)82-80-78-76-74-72-70-68-66-64-62-60-58-56-54-52-50-48-45-43-41-39-37-35-33-31-29-27-25-23-21-19-17-15-13-11-9-7-2/h9,11,15,17,21,23,27,29,33,35,39,41,87,91H,6-8,10,12-14,16,18-20,22,24-26,28,30-32,34,36-38,40,42-86H2,1-5H3/p+1/b11-9-,17-15-,23-21-,29-27-,35-33-,41-39-. The molecule has 0 saturated heterocycles. The predicted molar refractivity (Wildman–Crippen MR) is 433 cm³/mol. The molecule has 9 nitrogen and oxygen atoms in total. The molecule has 0 radical (unpaired) electrons. The normalized spacial score (nSPS) is 12.9. The molecule has 0 aromatic rings. The average molecular weight is 1400 g/mol. The molecule has 0 aliphatic rings. The summed E-state index contributed by atoms with van der Waals surface area (Å²) in [6.07, 6.45) is 108. The topological polar surface area (TPSA) is 108 Å². The number of carboxylic acid groups (broad SMARTS) is 1. The van der Waals surface area contributed by atoms with Gasteiger partial charge in [-0.3, -0.25) is 9.59 Å². The second kappa shape index (κ2) is 81.4. The number of aliphatic carboxylic acids is 1. The van der Waals surface area contributed by atoms with Crippen molar-refractivity contribution in [3.8, 4) is 0 Å². The van der Waals surface area contributed by atoms with Crippen LogP contribution in [0.1, 0.15) is 431 Å². The van der Waals surface area contributed by atoms with Crippen molar-refractivity contribution in [1.29, 1.82) is 0 Å². The van der Waals surface area contributed by atoms with E-state index in [0.717, 1.165) is 77.0 Å². The van der Waals surface area contributed by atoms with Crippen LogP contribution >= 0.6 is 0 Å². The van der Waals surface area contributed by atoms with Gasteiger partial charge in [-0.05, 0) is 64.2 Å². The maximum Gasteiger partial charge on any atom is 0.361 e. The zero-order valence-electron chi connectivity index (χ0n) is 67.1. The van der Waals surface area contributed by atoms with E-state index < -0.39 is 18.4 Å². The van der Waals surface area contributed by atoms with E-state index in [1.807, 2.05) is 21.1 Å². The number of hydrogen-bond acceptors (Lipinski definition) is 7. The van der Waals surface area contributed by atoms with Crippen LogP contribution in [0.2, 0.25) is 0 Å². The van der Waals surface area contributed by atoms with Gasteiger partial charge >= 0.3 is 17.9 Å². The Hall–Kier alpha value is -3.27. The van der Waals surface area contributed by atoms with E-state index in [4.69, 9.17) is 18.9 Å². The molecule has 584 valence electrons. The summed E-state index contributed by atoms with van der Waals surface area (Å²) in [4.78, 5) is 37.8. The van der Waals surface area contributed by atoms with E-state index in [9.17, 15) is 19.5 Å². The number of unbranched alkanes of at least 4 members (excludes halogenated alkanes) is 55. The van der Waals surface area contributed by atoms with E-state index in [-0.39, 0.29) is 38.2 Å². The van der Waals surface area contributed by atoms with Gasteiger partial charge in [-0.25, -0.2) is 4.79 Å². The minimum absolute atomic E-state index is 0.177. The smallest absolute Gasteiger partial charge is 0.361 e. The summed E-state index contributed by atoms with van der Waals surface area (Å²) in [6.45, 7) is 4.84. The number of nitrogens with zero attached hydrogens (tertiary/aromatic N) is 1. The summed E-state index contributed by atoms with van der Waals surface area (Å²) in [5, 5.41) is 9.79. The van der Waals surface area contributed by atoms with Crippen molar-refractivity contribution >= 4 is 17.9 Å². The molecular formula is C91H168NO8+. The number of hydrogen-bond donors (Lipinski definition) is 1. The van der Waals surface area contributed by atoms with Gasteiger partial charge < -0.3 is 28.5 Å². The third-order valence-corrected chi connectivity index (χ3v) is 19.7. The largest absolute Gasteiger partial charge is 0.477 e. The highest BCUT2D eigenvalue weighted by atomic mass is 16.7. The fourth-order valence-electron chi connectivity index (χ4n) is 13.1. The molecule has 0 fully saturated rings. The van der Waals surface area contributed by atoms with Gasteiger partial charge in [0.1, 0.15) is 13.2 Å². The molecule has 9 heteroatoms. The SMILES string of the molecule is CC/C=C\C/C=C\C/C=C\C/C=C\C/C=C\C/C=C\CCCCCCCCCCCCCCCCCCCCC(=O)OC(COC(=O)CCCCCCCCCCCCCCCCCCCCCCCCCCCCCCCCCCCCCCCC)COC(OCC[N+](C)(C)C)C(=O)O. The Kier molecular flexibility index (Phi) is 78.7. The number of esters is 2. The fraction of sp³-hybridized carbons (Fsp3) is 0.835. The highest BCUT2D eigenvalue weighted by Crippen LogP contribution is 2.21. The van der Waals surface area contributed by atoms with Gasteiger partial charge in [0, 0.05) is 12.8 Å². The summed E-state index contributed by atoms with van der Waals surface area (Å²) in [5.74, 6) is -1.97. The first-order chi connectivity index (χ1) is 49.1. The predicted octanol–water partition coefficient (Wildman–Crippen LogP) is 28.3. The monoisotopic (exact) mass is 1400 g/mol.